The Kier molecular flexibility index (Phi) is 21.9. The monoisotopic (exact) mass is 472 g/mol. The van der Waals surface area contributed by atoms with Crippen molar-refractivity contribution in [1.82, 2.24) is 0 Å². The number of esters is 2. The minimum absolute atomic E-state index is 0.152. The van der Waals surface area contributed by atoms with Gasteiger partial charge in [0.1, 0.15) is 13.2 Å². The van der Waals surface area contributed by atoms with Gasteiger partial charge in [0.15, 0.2) is 0 Å². The fraction of sp³-hybridized carbons (Fsp3) is 0.926. The van der Waals surface area contributed by atoms with Crippen LogP contribution in [0.15, 0.2) is 0 Å². The number of unbranched alkanes of at least 4 members (excludes halogenated alkanes) is 14. The zero-order valence-electron chi connectivity index (χ0n) is 21.6. The van der Waals surface area contributed by atoms with Crippen molar-refractivity contribution in [2.24, 2.45) is 5.41 Å². The highest BCUT2D eigenvalue weighted by molar-refractivity contribution is 5.69. The first kappa shape index (κ1) is 31.9. The number of hydrogen-bond donors (Lipinski definition) is 2. The van der Waals surface area contributed by atoms with Gasteiger partial charge in [0.05, 0.1) is 18.6 Å². The second kappa shape index (κ2) is 22.6. The molecule has 0 saturated heterocycles. The number of aliphatic hydroxyl groups is 2. The number of ether oxygens (including phenoxy) is 2. The third-order valence-corrected chi connectivity index (χ3v) is 6.22. The predicted molar refractivity (Wildman–Crippen MR) is 133 cm³/mol. The molecule has 0 aromatic rings. The lowest BCUT2D eigenvalue weighted by atomic mass is 9.92. The van der Waals surface area contributed by atoms with Gasteiger partial charge < -0.3 is 19.7 Å². The molecule has 0 radical (unpaired) electrons. The summed E-state index contributed by atoms with van der Waals surface area (Å²) in [5.74, 6) is -0.671. The first-order chi connectivity index (χ1) is 16.0. The molecule has 0 atom stereocenters. The maximum atomic E-state index is 12.0. The molecule has 6 nitrogen and oxygen atoms in total. The van der Waals surface area contributed by atoms with E-state index in [0.717, 1.165) is 38.5 Å². The van der Waals surface area contributed by atoms with Crippen LogP contribution in [0.2, 0.25) is 0 Å². The van der Waals surface area contributed by atoms with Crippen LogP contribution in [0.25, 0.3) is 0 Å². The van der Waals surface area contributed by atoms with Crippen molar-refractivity contribution in [1.29, 1.82) is 0 Å². The second-order valence-corrected chi connectivity index (χ2v) is 9.59. The fourth-order valence-electron chi connectivity index (χ4n) is 3.69. The summed E-state index contributed by atoms with van der Waals surface area (Å²) in [6.45, 7) is 3.27. The minimum Gasteiger partial charge on any atom is -0.465 e. The molecule has 0 bridgehead atoms. The van der Waals surface area contributed by atoms with Gasteiger partial charge in [0, 0.05) is 12.8 Å². The Hall–Kier alpha value is -1.14. The summed E-state index contributed by atoms with van der Waals surface area (Å²) in [7, 11) is 0. The maximum Gasteiger partial charge on any atom is 0.305 e. The molecule has 0 heterocycles. The first-order valence-corrected chi connectivity index (χ1v) is 13.6. The molecule has 0 aromatic carbocycles. The number of aliphatic hydroxyl groups excluding tert-OH is 2. The van der Waals surface area contributed by atoms with Gasteiger partial charge in [-0.15, -0.1) is 0 Å². The number of hydrogen-bond acceptors (Lipinski definition) is 6. The van der Waals surface area contributed by atoms with E-state index >= 15 is 0 Å². The van der Waals surface area contributed by atoms with Crippen LogP contribution < -0.4 is 0 Å². The van der Waals surface area contributed by atoms with E-state index in [1.807, 2.05) is 0 Å². The number of carbonyl (C=O) groups excluding carboxylic acids is 2. The third kappa shape index (κ3) is 18.9. The van der Waals surface area contributed by atoms with Crippen molar-refractivity contribution in [2.45, 2.75) is 129 Å². The maximum absolute atomic E-state index is 12.0. The lowest BCUT2D eigenvalue weighted by Gasteiger charge is -2.28. The van der Waals surface area contributed by atoms with Gasteiger partial charge in [-0.1, -0.05) is 104 Å². The summed E-state index contributed by atoms with van der Waals surface area (Å²) in [6.07, 6.45) is 19.1. The Morgan fingerprint density at radius 1 is 0.545 bits per heavy atom. The summed E-state index contributed by atoms with van der Waals surface area (Å²) < 4.78 is 10.6. The molecule has 0 rings (SSSR count). The first-order valence-electron chi connectivity index (χ1n) is 13.6. The van der Waals surface area contributed by atoms with Crippen LogP contribution in [0.3, 0.4) is 0 Å². The minimum atomic E-state index is -1.15. The lowest BCUT2D eigenvalue weighted by molar-refractivity contribution is -0.159. The molecule has 6 heteroatoms. The van der Waals surface area contributed by atoms with E-state index in [9.17, 15) is 19.8 Å². The molecule has 0 amide bonds. The van der Waals surface area contributed by atoms with Gasteiger partial charge in [0.25, 0.3) is 0 Å². The smallest absolute Gasteiger partial charge is 0.305 e. The second-order valence-electron chi connectivity index (χ2n) is 9.59. The van der Waals surface area contributed by atoms with Gasteiger partial charge in [-0.25, -0.2) is 0 Å². The molecular formula is C27H52O6. The molecule has 0 aliphatic carbocycles. The SMILES string of the molecule is CCCCCCCCCCC(=O)OCC(CO)(CO)COC(=O)CCCCCCCCCC. The molecule has 0 saturated carbocycles. The quantitative estimate of drug-likeness (QED) is 0.130. The topological polar surface area (TPSA) is 93.1 Å². The van der Waals surface area contributed by atoms with Crippen LogP contribution in [0, 0.1) is 5.41 Å². The predicted octanol–water partition coefficient (Wildman–Crippen LogP) is 6.11. The average molecular weight is 473 g/mol. The van der Waals surface area contributed by atoms with Crippen LogP contribution in [0.1, 0.15) is 129 Å². The van der Waals surface area contributed by atoms with E-state index in [1.165, 1.54) is 64.2 Å². The summed E-state index contributed by atoms with van der Waals surface area (Å²) in [5.41, 5.74) is -1.15. The van der Waals surface area contributed by atoms with E-state index in [4.69, 9.17) is 9.47 Å². The normalized spacial score (nSPS) is 11.5. The zero-order valence-corrected chi connectivity index (χ0v) is 21.6. The molecule has 0 spiro atoms. The molecule has 196 valence electrons. The highest BCUT2D eigenvalue weighted by Gasteiger charge is 2.32. The average Bonchev–Trinajstić information content (AvgIpc) is 2.83. The van der Waals surface area contributed by atoms with E-state index in [0.29, 0.717) is 12.8 Å². The van der Waals surface area contributed by atoms with Gasteiger partial charge in [-0.3, -0.25) is 9.59 Å². The Bertz CT molecular complexity index is 424. The molecule has 0 aromatic heterocycles. The van der Waals surface area contributed by atoms with E-state index in [-0.39, 0.29) is 25.2 Å². The Labute approximate surface area is 202 Å². The van der Waals surface area contributed by atoms with Gasteiger partial charge >= 0.3 is 11.9 Å². The lowest BCUT2D eigenvalue weighted by Crippen LogP contribution is -2.41. The zero-order chi connectivity index (χ0) is 24.6. The van der Waals surface area contributed by atoms with E-state index in [2.05, 4.69) is 13.8 Å². The highest BCUT2D eigenvalue weighted by Crippen LogP contribution is 2.19. The third-order valence-electron chi connectivity index (χ3n) is 6.22. The summed E-state index contributed by atoms with van der Waals surface area (Å²) >= 11 is 0. The Balaban J connectivity index is 3.96. The van der Waals surface area contributed by atoms with Crippen LogP contribution in [-0.2, 0) is 19.1 Å². The standard InChI is InChI=1S/C27H52O6/c1-3-5-7-9-11-13-15-17-19-25(30)32-23-27(21-28,22-29)24-33-26(31)20-18-16-14-12-10-8-6-4-2/h28-29H,3-24H2,1-2H3. The van der Waals surface area contributed by atoms with Gasteiger partial charge in [-0.2, -0.15) is 0 Å². The summed E-state index contributed by atoms with van der Waals surface area (Å²) in [5, 5.41) is 19.5. The fourth-order valence-corrected chi connectivity index (χ4v) is 3.69. The van der Waals surface area contributed by atoms with Gasteiger partial charge in [0.2, 0.25) is 0 Å². The van der Waals surface area contributed by atoms with Crippen LogP contribution >= 0.6 is 0 Å². The Morgan fingerprint density at radius 3 is 1.15 bits per heavy atom. The van der Waals surface area contributed by atoms with Crippen molar-refractivity contribution >= 4 is 11.9 Å². The van der Waals surface area contributed by atoms with Crippen LogP contribution in [0.4, 0.5) is 0 Å². The van der Waals surface area contributed by atoms with Crippen LogP contribution in [-0.4, -0.2) is 48.6 Å². The molecule has 0 unspecified atom stereocenters. The van der Waals surface area contributed by atoms with Crippen molar-refractivity contribution in [3.8, 4) is 0 Å². The molecule has 0 fully saturated rings. The van der Waals surface area contributed by atoms with Crippen molar-refractivity contribution < 1.29 is 29.3 Å². The summed E-state index contributed by atoms with van der Waals surface area (Å²) in [6, 6.07) is 0. The van der Waals surface area contributed by atoms with E-state index in [1.54, 1.807) is 0 Å². The summed E-state index contributed by atoms with van der Waals surface area (Å²) in [4.78, 5) is 24.1. The highest BCUT2D eigenvalue weighted by atomic mass is 16.5. The van der Waals surface area contributed by atoms with Crippen molar-refractivity contribution in [3.05, 3.63) is 0 Å². The Morgan fingerprint density at radius 2 is 0.848 bits per heavy atom. The van der Waals surface area contributed by atoms with Crippen molar-refractivity contribution in [3.63, 3.8) is 0 Å². The molecule has 33 heavy (non-hydrogen) atoms. The molecule has 2 N–H and O–H groups in total. The molecule has 0 aliphatic rings. The van der Waals surface area contributed by atoms with E-state index < -0.39 is 18.6 Å². The molecular weight excluding hydrogens is 420 g/mol. The number of carbonyl (C=O) groups is 2. The number of rotatable bonds is 24. The largest absolute Gasteiger partial charge is 0.465 e. The van der Waals surface area contributed by atoms with Crippen molar-refractivity contribution in [2.75, 3.05) is 26.4 Å². The van der Waals surface area contributed by atoms with Gasteiger partial charge in [-0.05, 0) is 12.8 Å². The van der Waals surface area contributed by atoms with Crippen LogP contribution in [0.5, 0.6) is 0 Å². The molecule has 0 aliphatic heterocycles.